The second-order valence-electron chi connectivity index (χ2n) is 7.03. The van der Waals surface area contributed by atoms with Gasteiger partial charge in [-0.05, 0) is 49.1 Å². The summed E-state index contributed by atoms with van der Waals surface area (Å²) in [7, 11) is 0. The number of nitrogens with zero attached hydrogens (tertiary/aromatic N) is 1. The van der Waals surface area contributed by atoms with E-state index in [4.69, 9.17) is 0 Å². The van der Waals surface area contributed by atoms with Crippen molar-refractivity contribution in [2.75, 3.05) is 5.32 Å². The Hall–Kier alpha value is -2.95. The van der Waals surface area contributed by atoms with Gasteiger partial charge >= 0.3 is 0 Å². The average Bonchev–Trinajstić information content (AvgIpc) is 2.84. The number of rotatable bonds is 5. The molecule has 0 fully saturated rings. The van der Waals surface area contributed by atoms with Crippen molar-refractivity contribution in [2.45, 2.75) is 33.2 Å². The number of carbonyl (C=O) groups is 3. The molecular weight excluding hydrogens is 328 g/mol. The maximum atomic E-state index is 12.9. The highest BCUT2D eigenvalue weighted by Gasteiger charge is 2.42. The van der Waals surface area contributed by atoms with Crippen LogP contribution in [0.3, 0.4) is 0 Å². The van der Waals surface area contributed by atoms with Crippen molar-refractivity contribution in [1.82, 2.24) is 4.90 Å². The van der Waals surface area contributed by atoms with Crippen LogP contribution < -0.4 is 5.32 Å². The predicted octanol–water partition coefficient (Wildman–Crippen LogP) is 3.64. The summed E-state index contributed by atoms with van der Waals surface area (Å²) >= 11 is 0. The number of hydrogen-bond acceptors (Lipinski definition) is 3. The number of anilines is 1. The number of amides is 3. The fourth-order valence-corrected chi connectivity index (χ4v) is 3.22. The molecule has 1 atom stereocenters. The van der Waals surface area contributed by atoms with Crippen molar-refractivity contribution in [2.24, 2.45) is 5.92 Å². The van der Waals surface area contributed by atoms with E-state index in [1.807, 2.05) is 39.0 Å². The molecule has 5 nitrogen and oxygen atoms in total. The lowest BCUT2D eigenvalue weighted by atomic mass is 10.0. The molecule has 26 heavy (non-hydrogen) atoms. The first-order chi connectivity index (χ1) is 12.4. The summed E-state index contributed by atoms with van der Waals surface area (Å²) in [5.74, 6) is -1.02. The number of imide groups is 1. The van der Waals surface area contributed by atoms with Gasteiger partial charge < -0.3 is 5.32 Å². The number of aryl methyl sites for hydroxylation is 1. The summed E-state index contributed by atoms with van der Waals surface area (Å²) in [5, 5.41) is 2.85. The third-order valence-corrected chi connectivity index (χ3v) is 4.42. The van der Waals surface area contributed by atoms with Gasteiger partial charge in [0.25, 0.3) is 11.8 Å². The molecule has 0 aliphatic carbocycles. The molecule has 1 aliphatic heterocycles. The number of carbonyl (C=O) groups excluding carboxylic acids is 3. The molecule has 0 bridgehead atoms. The van der Waals surface area contributed by atoms with Crippen molar-refractivity contribution >= 4 is 23.4 Å². The Bertz CT molecular complexity index is 838. The Kier molecular flexibility index (Phi) is 4.89. The number of nitrogens with one attached hydrogen (secondary N) is 1. The van der Waals surface area contributed by atoms with E-state index < -0.39 is 17.9 Å². The Morgan fingerprint density at radius 1 is 1.00 bits per heavy atom. The first kappa shape index (κ1) is 17.9. The maximum Gasteiger partial charge on any atom is 0.262 e. The number of benzene rings is 2. The molecule has 1 aliphatic rings. The second-order valence-corrected chi connectivity index (χ2v) is 7.03. The topological polar surface area (TPSA) is 66.5 Å². The molecule has 0 saturated carbocycles. The van der Waals surface area contributed by atoms with Gasteiger partial charge in [0.2, 0.25) is 5.91 Å². The highest BCUT2D eigenvalue weighted by atomic mass is 16.2. The van der Waals surface area contributed by atoms with E-state index in [0.717, 1.165) is 10.5 Å². The lowest BCUT2D eigenvalue weighted by Gasteiger charge is -2.26. The zero-order valence-corrected chi connectivity index (χ0v) is 15.2. The van der Waals surface area contributed by atoms with E-state index >= 15 is 0 Å². The largest absolute Gasteiger partial charge is 0.324 e. The van der Waals surface area contributed by atoms with E-state index in [1.165, 1.54) is 0 Å². The highest BCUT2D eigenvalue weighted by molar-refractivity contribution is 6.23. The minimum absolute atomic E-state index is 0.146. The molecule has 2 aromatic carbocycles. The molecule has 134 valence electrons. The van der Waals surface area contributed by atoms with Crippen LogP contribution in [0.15, 0.2) is 48.5 Å². The third-order valence-electron chi connectivity index (χ3n) is 4.42. The van der Waals surface area contributed by atoms with Gasteiger partial charge in [0.1, 0.15) is 6.04 Å². The van der Waals surface area contributed by atoms with E-state index in [2.05, 4.69) is 5.32 Å². The number of fused-ring (bicyclic) bond motifs is 1. The van der Waals surface area contributed by atoms with Crippen molar-refractivity contribution in [3.8, 4) is 0 Å². The van der Waals surface area contributed by atoms with Crippen LogP contribution in [-0.2, 0) is 4.79 Å². The van der Waals surface area contributed by atoms with Crippen LogP contribution in [0.1, 0.15) is 46.5 Å². The van der Waals surface area contributed by atoms with Crippen LogP contribution in [0.5, 0.6) is 0 Å². The Balaban J connectivity index is 1.90. The van der Waals surface area contributed by atoms with Crippen molar-refractivity contribution in [1.29, 1.82) is 0 Å². The third kappa shape index (κ3) is 3.38. The lowest BCUT2D eigenvalue weighted by Crippen LogP contribution is -2.47. The summed E-state index contributed by atoms with van der Waals surface area (Å²) < 4.78 is 0. The van der Waals surface area contributed by atoms with Gasteiger partial charge in [0, 0.05) is 5.69 Å². The zero-order valence-electron chi connectivity index (χ0n) is 15.2. The zero-order chi connectivity index (χ0) is 18.8. The van der Waals surface area contributed by atoms with Gasteiger partial charge in [-0.2, -0.15) is 0 Å². The van der Waals surface area contributed by atoms with Crippen LogP contribution >= 0.6 is 0 Å². The normalized spacial score (nSPS) is 14.5. The molecule has 1 unspecified atom stereocenters. The van der Waals surface area contributed by atoms with E-state index in [9.17, 15) is 14.4 Å². The summed E-state index contributed by atoms with van der Waals surface area (Å²) in [4.78, 5) is 39.6. The van der Waals surface area contributed by atoms with E-state index in [1.54, 1.807) is 30.3 Å². The van der Waals surface area contributed by atoms with Crippen molar-refractivity contribution in [3.05, 3.63) is 65.2 Å². The highest BCUT2D eigenvalue weighted by Crippen LogP contribution is 2.27. The van der Waals surface area contributed by atoms with Gasteiger partial charge in [-0.3, -0.25) is 19.3 Å². The first-order valence-electron chi connectivity index (χ1n) is 8.73. The molecule has 2 aromatic rings. The van der Waals surface area contributed by atoms with Gasteiger partial charge in [-0.25, -0.2) is 0 Å². The van der Waals surface area contributed by atoms with Gasteiger partial charge in [-0.1, -0.05) is 38.1 Å². The van der Waals surface area contributed by atoms with Gasteiger partial charge in [0.15, 0.2) is 0 Å². The molecule has 0 aromatic heterocycles. The Morgan fingerprint density at radius 2 is 1.62 bits per heavy atom. The Morgan fingerprint density at radius 3 is 2.15 bits per heavy atom. The second kappa shape index (κ2) is 7.12. The van der Waals surface area contributed by atoms with Crippen molar-refractivity contribution in [3.63, 3.8) is 0 Å². The molecule has 1 heterocycles. The van der Waals surface area contributed by atoms with Crippen LogP contribution in [0.2, 0.25) is 0 Å². The maximum absolute atomic E-state index is 12.9. The molecule has 1 N–H and O–H groups in total. The molecule has 3 rings (SSSR count). The van der Waals surface area contributed by atoms with Crippen LogP contribution in [-0.4, -0.2) is 28.7 Å². The molecule has 0 spiro atoms. The Labute approximate surface area is 153 Å². The monoisotopic (exact) mass is 350 g/mol. The smallest absolute Gasteiger partial charge is 0.262 e. The first-order valence-corrected chi connectivity index (χ1v) is 8.73. The fourth-order valence-electron chi connectivity index (χ4n) is 3.22. The van der Waals surface area contributed by atoms with Crippen LogP contribution in [0, 0.1) is 12.8 Å². The molecule has 5 heteroatoms. The average molecular weight is 350 g/mol. The molecule has 0 saturated heterocycles. The molecule has 3 amide bonds. The summed E-state index contributed by atoms with van der Waals surface area (Å²) in [6.45, 7) is 5.86. The summed E-state index contributed by atoms with van der Waals surface area (Å²) in [6, 6.07) is 13.3. The molecule has 0 radical (unpaired) electrons. The van der Waals surface area contributed by atoms with Gasteiger partial charge in [0.05, 0.1) is 11.1 Å². The van der Waals surface area contributed by atoms with Gasteiger partial charge in [-0.15, -0.1) is 0 Å². The fraction of sp³-hybridized carbons (Fsp3) is 0.286. The van der Waals surface area contributed by atoms with Crippen LogP contribution in [0.4, 0.5) is 5.69 Å². The summed E-state index contributed by atoms with van der Waals surface area (Å²) in [6.07, 6.45) is 0.406. The molecular formula is C21H22N2O3. The lowest BCUT2D eigenvalue weighted by molar-refractivity contribution is -0.120. The number of hydrogen-bond donors (Lipinski definition) is 1. The standard InChI is InChI=1S/C21H22N2O3/c1-13(2)11-18(19(24)22-15-8-6-7-14(3)12-15)23-20(25)16-9-4-5-10-17(16)21(23)26/h4-10,12-13,18H,11H2,1-3H3,(H,22,24). The quantitative estimate of drug-likeness (QED) is 0.837. The van der Waals surface area contributed by atoms with E-state index in [0.29, 0.717) is 23.2 Å². The van der Waals surface area contributed by atoms with E-state index in [-0.39, 0.29) is 11.8 Å². The SMILES string of the molecule is Cc1cccc(NC(=O)C(CC(C)C)N2C(=O)c3ccccc3C2=O)c1. The summed E-state index contributed by atoms with van der Waals surface area (Å²) in [5.41, 5.74) is 2.38. The minimum atomic E-state index is -0.845. The predicted molar refractivity (Wildman–Crippen MR) is 100.0 cm³/mol. The van der Waals surface area contributed by atoms with Crippen molar-refractivity contribution < 1.29 is 14.4 Å². The van der Waals surface area contributed by atoms with Crippen LogP contribution in [0.25, 0.3) is 0 Å². The minimum Gasteiger partial charge on any atom is -0.324 e.